The maximum Gasteiger partial charge on any atom is 0.269 e. The molecule has 2 aromatic carbocycles. The molecule has 0 aliphatic carbocycles. The Morgan fingerprint density at radius 2 is 1.90 bits per heavy atom. The van der Waals surface area contributed by atoms with Crippen molar-refractivity contribution in [1.82, 2.24) is 10.2 Å². The van der Waals surface area contributed by atoms with Crippen LogP contribution in [0.3, 0.4) is 0 Å². The van der Waals surface area contributed by atoms with Gasteiger partial charge in [-0.1, -0.05) is 30.7 Å². The van der Waals surface area contributed by atoms with Gasteiger partial charge < -0.3 is 5.32 Å². The molecule has 3 heterocycles. The number of non-ortho nitro benzene ring substituents is 1. The molecule has 1 amide bonds. The first-order chi connectivity index (χ1) is 14.5. The Morgan fingerprint density at radius 3 is 2.67 bits per heavy atom. The van der Waals surface area contributed by atoms with E-state index in [0.717, 1.165) is 48.2 Å². The van der Waals surface area contributed by atoms with Crippen LogP contribution in [0.15, 0.2) is 42.5 Å². The third-order valence-electron chi connectivity index (χ3n) is 5.98. The number of hydrogen-bond donors (Lipinski definition) is 1. The molecule has 0 bridgehead atoms. The molecule has 8 heteroatoms. The molecule has 2 aliphatic rings. The van der Waals surface area contributed by atoms with E-state index in [2.05, 4.69) is 10.2 Å². The van der Waals surface area contributed by atoms with E-state index in [-0.39, 0.29) is 17.4 Å². The van der Waals surface area contributed by atoms with E-state index >= 15 is 0 Å². The fourth-order valence-electron chi connectivity index (χ4n) is 4.61. The van der Waals surface area contributed by atoms with E-state index in [1.807, 2.05) is 6.07 Å². The topological polar surface area (TPSA) is 75.5 Å². The molecule has 1 N–H and O–H groups in total. The molecular formula is C22H20FN3O3S. The second-order valence-corrected chi connectivity index (χ2v) is 8.84. The van der Waals surface area contributed by atoms with Crippen LogP contribution in [0.2, 0.25) is 0 Å². The highest BCUT2D eigenvalue weighted by Gasteiger charge is 2.41. The monoisotopic (exact) mass is 425 g/mol. The van der Waals surface area contributed by atoms with Gasteiger partial charge in [-0.05, 0) is 37.6 Å². The summed E-state index contributed by atoms with van der Waals surface area (Å²) in [7, 11) is 0. The molecule has 6 nitrogen and oxygen atoms in total. The van der Waals surface area contributed by atoms with Crippen LogP contribution >= 0.6 is 11.3 Å². The van der Waals surface area contributed by atoms with Gasteiger partial charge in [0.25, 0.3) is 5.69 Å². The highest BCUT2D eigenvalue weighted by molar-refractivity contribution is 7.19. The van der Waals surface area contributed by atoms with Crippen LogP contribution in [0.25, 0.3) is 10.1 Å². The number of thiophene rings is 1. The lowest BCUT2D eigenvalue weighted by atomic mass is 9.89. The Morgan fingerprint density at radius 1 is 1.13 bits per heavy atom. The summed E-state index contributed by atoms with van der Waals surface area (Å²) in [5.74, 6) is -0.445. The van der Waals surface area contributed by atoms with Gasteiger partial charge >= 0.3 is 0 Å². The van der Waals surface area contributed by atoms with Crippen LogP contribution in [0.5, 0.6) is 0 Å². The summed E-state index contributed by atoms with van der Waals surface area (Å²) in [4.78, 5) is 27.1. The van der Waals surface area contributed by atoms with E-state index < -0.39 is 17.0 Å². The number of hydrogen-bond acceptors (Lipinski definition) is 5. The number of nitrogens with zero attached hydrogens (tertiary/aromatic N) is 2. The van der Waals surface area contributed by atoms with E-state index in [1.54, 1.807) is 18.2 Å². The summed E-state index contributed by atoms with van der Waals surface area (Å²) in [5, 5.41) is 15.1. The number of carbonyl (C=O) groups is 1. The molecule has 0 spiro atoms. The smallest absolute Gasteiger partial charge is 0.269 e. The van der Waals surface area contributed by atoms with Crippen molar-refractivity contribution in [3.05, 3.63) is 74.4 Å². The fraction of sp³-hybridized carbons (Fsp3) is 0.318. The number of likely N-dealkylation sites (tertiary alicyclic amines) is 1. The molecule has 2 aliphatic heterocycles. The quantitative estimate of drug-likeness (QED) is 0.488. The van der Waals surface area contributed by atoms with Crippen molar-refractivity contribution in [1.29, 1.82) is 0 Å². The van der Waals surface area contributed by atoms with E-state index in [4.69, 9.17) is 0 Å². The first kappa shape index (κ1) is 19.1. The third kappa shape index (κ3) is 3.07. The summed E-state index contributed by atoms with van der Waals surface area (Å²) in [5.41, 5.74) is 1.44. The Hall–Kier alpha value is -2.84. The number of benzene rings is 2. The SMILES string of the molecule is O=C1NC(c2cccc([N+](=O)[O-])c2)c2sc3c(F)cccc3c2C1N1CCCCC1. The highest BCUT2D eigenvalue weighted by Crippen LogP contribution is 2.47. The standard InChI is InChI=1S/C22H20FN3O3S/c23-16-9-5-8-15-17-19(25-10-2-1-3-11-25)22(27)24-18(21(17)30-20(15)16)13-6-4-7-14(12-13)26(28)29/h4-9,12,18-19H,1-3,10-11H2,(H,24,27). The predicted molar refractivity (Wildman–Crippen MR) is 113 cm³/mol. The van der Waals surface area contributed by atoms with Gasteiger partial charge in [-0.2, -0.15) is 0 Å². The molecule has 30 heavy (non-hydrogen) atoms. The van der Waals surface area contributed by atoms with Crippen molar-refractivity contribution in [2.24, 2.45) is 0 Å². The Kier molecular flexibility index (Phi) is 4.75. The number of rotatable bonds is 3. The summed E-state index contributed by atoms with van der Waals surface area (Å²) >= 11 is 1.33. The molecule has 0 radical (unpaired) electrons. The largest absolute Gasteiger partial charge is 0.343 e. The average molecular weight is 425 g/mol. The molecule has 1 saturated heterocycles. The normalized spacial score (nSPS) is 22.0. The van der Waals surface area contributed by atoms with Crippen molar-refractivity contribution in [3.8, 4) is 0 Å². The molecule has 2 unspecified atom stereocenters. The number of fused-ring (bicyclic) bond motifs is 3. The second kappa shape index (κ2) is 7.45. The second-order valence-electron chi connectivity index (χ2n) is 7.79. The summed E-state index contributed by atoms with van der Waals surface area (Å²) in [6.45, 7) is 1.65. The first-order valence-corrected chi connectivity index (χ1v) is 10.9. The van der Waals surface area contributed by atoms with Crippen LogP contribution in [0.4, 0.5) is 10.1 Å². The fourth-order valence-corrected chi connectivity index (χ4v) is 5.93. The molecule has 154 valence electrons. The minimum atomic E-state index is -0.537. The number of nitro groups is 1. The van der Waals surface area contributed by atoms with E-state index in [9.17, 15) is 19.3 Å². The third-order valence-corrected chi connectivity index (χ3v) is 7.27. The molecule has 1 aromatic heterocycles. The van der Waals surface area contributed by atoms with Crippen LogP contribution in [0, 0.1) is 15.9 Å². The van der Waals surface area contributed by atoms with Crippen LogP contribution in [0.1, 0.15) is 47.4 Å². The van der Waals surface area contributed by atoms with Crippen molar-refractivity contribution >= 4 is 33.0 Å². The van der Waals surface area contributed by atoms with Crippen LogP contribution < -0.4 is 5.32 Å². The van der Waals surface area contributed by atoms with Crippen molar-refractivity contribution < 1.29 is 14.1 Å². The zero-order valence-corrected chi connectivity index (χ0v) is 17.0. The van der Waals surface area contributed by atoms with Gasteiger partial charge in [0.15, 0.2) is 0 Å². The summed E-state index contributed by atoms with van der Waals surface area (Å²) < 4.78 is 15.2. The van der Waals surface area contributed by atoms with Crippen molar-refractivity contribution in [2.75, 3.05) is 13.1 Å². The van der Waals surface area contributed by atoms with Gasteiger partial charge in [0, 0.05) is 28.0 Å². The summed E-state index contributed by atoms with van der Waals surface area (Å²) in [6, 6.07) is 10.3. The number of nitrogens with one attached hydrogen (secondary N) is 1. The van der Waals surface area contributed by atoms with Crippen LogP contribution in [-0.2, 0) is 4.79 Å². The molecule has 1 fully saturated rings. The average Bonchev–Trinajstić information content (AvgIpc) is 3.15. The maximum atomic E-state index is 14.6. The first-order valence-electron chi connectivity index (χ1n) is 10.0. The maximum absolute atomic E-state index is 14.6. The number of piperidine rings is 1. The molecule has 2 atom stereocenters. The Bertz CT molecular complexity index is 1160. The lowest BCUT2D eigenvalue weighted by Crippen LogP contribution is -2.47. The minimum absolute atomic E-state index is 0.0336. The number of halogens is 1. The van der Waals surface area contributed by atoms with Gasteiger partial charge in [0.2, 0.25) is 5.91 Å². The molecule has 0 saturated carbocycles. The molecule has 3 aromatic rings. The predicted octanol–water partition coefficient (Wildman–Crippen LogP) is 4.69. The van der Waals surface area contributed by atoms with Gasteiger partial charge in [-0.3, -0.25) is 19.8 Å². The zero-order valence-electron chi connectivity index (χ0n) is 16.1. The highest BCUT2D eigenvalue weighted by atomic mass is 32.1. The lowest BCUT2D eigenvalue weighted by Gasteiger charge is -2.38. The Balaban J connectivity index is 1.70. The number of amides is 1. The lowest BCUT2D eigenvalue weighted by molar-refractivity contribution is -0.384. The van der Waals surface area contributed by atoms with E-state index in [1.165, 1.54) is 29.5 Å². The molecule has 5 rings (SSSR count). The zero-order chi connectivity index (χ0) is 20.8. The minimum Gasteiger partial charge on any atom is -0.343 e. The summed E-state index contributed by atoms with van der Waals surface area (Å²) in [6.07, 6.45) is 3.21. The van der Waals surface area contributed by atoms with Gasteiger partial charge in [0.05, 0.1) is 15.7 Å². The van der Waals surface area contributed by atoms with Crippen molar-refractivity contribution in [3.63, 3.8) is 0 Å². The van der Waals surface area contributed by atoms with E-state index in [0.29, 0.717) is 10.3 Å². The van der Waals surface area contributed by atoms with Gasteiger partial charge in [-0.15, -0.1) is 11.3 Å². The number of carbonyl (C=O) groups excluding carboxylic acids is 1. The molecular weight excluding hydrogens is 405 g/mol. The van der Waals surface area contributed by atoms with Crippen LogP contribution in [-0.4, -0.2) is 28.8 Å². The Labute approximate surface area is 176 Å². The number of nitro benzene ring substituents is 1. The van der Waals surface area contributed by atoms with Gasteiger partial charge in [-0.25, -0.2) is 4.39 Å². The van der Waals surface area contributed by atoms with Crippen molar-refractivity contribution in [2.45, 2.75) is 31.3 Å². The van der Waals surface area contributed by atoms with Gasteiger partial charge in [0.1, 0.15) is 11.9 Å².